The van der Waals surface area contributed by atoms with Crippen molar-refractivity contribution in [1.82, 2.24) is 5.32 Å². The van der Waals surface area contributed by atoms with Crippen molar-refractivity contribution in [2.24, 2.45) is 5.92 Å². The largest absolute Gasteiger partial charge is 0.494 e. The van der Waals surface area contributed by atoms with E-state index in [1.165, 1.54) is 12.8 Å². The van der Waals surface area contributed by atoms with Gasteiger partial charge in [-0.2, -0.15) is 0 Å². The summed E-state index contributed by atoms with van der Waals surface area (Å²) in [5, 5.41) is 3.32. The second-order valence-corrected chi connectivity index (χ2v) is 5.04. The maximum absolute atomic E-state index is 12.1. The van der Waals surface area contributed by atoms with E-state index in [-0.39, 0.29) is 12.0 Å². The van der Waals surface area contributed by atoms with Crippen LogP contribution in [0.25, 0.3) is 0 Å². The number of benzene rings is 1. The first-order chi connectivity index (χ1) is 9.74. The smallest absolute Gasteiger partial charge is 0.327 e. The Morgan fingerprint density at radius 2 is 1.95 bits per heavy atom. The van der Waals surface area contributed by atoms with Gasteiger partial charge in [-0.25, -0.2) is 4.79 Å². The van der Waals surface area contributed by atoms with Crippen LogP contribution in [0.3, 0.4) is 0 Å². The second kappa shape index (κ2) is 7.29. The zero-order chi connectivity index (χ0) is 14.4. The number of carbonyl (C=O) groups excluding carboxylic acids is 1. The molecule has 1 N–H and O–H groups in total. The van der Waals surface area contributed by atoms with Crippen molar-refractivity contribution >= 4 is 5.97 Å². The topological polar surface area (TPSA) is 47.6 Å². The molecular formula is C16H23NO3. The number of esters is 1. The Bertz CT molecular complexity index is 426. The molecule has 1 saturated carbocycles. The van der Waals surface area contributed by atoms with Crippen LogP contribution in [-0.4, -0.2) is 25.7 Å². The lowest BCUT2D eigenvalue weighted by atomic mass is 10.1. The normalized spacial score (nSPS) is 15.7. The van der Waals surface area contributed by atoms with Gasteiger partial charge in [0.15, 0.2) is 0 Å². The fraction of sp³-hybridized carbons (Fsp3) is 0.562. The zero-order valence-electron chi connectivity index (χ0n) is 12.2. The van der Waals surface area contributed by atoms with Crippen molar-refractivity contribution in [2.45, 2.75) is 32.7 Å². The van der Waals surface area contributed by atoms with Gasteiger partial charge in [0.2, 0.25) is 0 Å². The van der Waals surface area contributed by atoms with E-state index in [2.05, 4.69) is 5.32 Å². The van der Waals surface area contributed by atoms with Gasteiger partial charge in [-0.15, -0.1) is 0 Å². The van der Waals surface area contributed by atoms with Gasteiger partial charge < -0.3 is 14.8 Å². The molecule has 4 heteroatoms. The Balaban J connectivity index is 2.04. The summed E-state index contributed by atoms with van der Waals surface area (Å²) < 4.78 is 10.6. The van der Waals surface area contributed by atoms with Crippen LogP contribution in [-0.2, 0) is 9.53 Å². The van der Waals surface area contributed by atoms with E-state index in [4.69, 9.17) is 9.47 Å². The van der Waals surface area contributed by atoms with Crippen LogP contribution in [0.4, 0.5) is 0 Å². The van der Waals surface area contributed by atoms with E-state index in [1.54, 1.807) is 0 Å². The Kier molecular flexibility index (Phi) is 5.41. The highest BCUT2D eigenvalue weighted by atomic mass is 16.5. The Morgan fingerprint density at radius 1 is 1.25 bits per heavy atom. The second-order valence-electron chi connectivity index (χ2n) is 5.04. The van der Waals surface area contributed by atoms with Gasteiger partial charge in [-0.3, -0.25) is 0 Å². The number of nitrogens with one attached hydrogen (secondary N) is 1. The molecule has 1 aromatic carbocycles. The molecule has 2 rings (SSSR count). The molecule has 1 aromatic rings. The number of carbonyl (C=O) groups is 1. The van der Waals surface area contributed by atoms with Gasteiger partial charge >= 0.3 is 5.97 Å². The van der Waals surface area contributed by atoms with Crippen molar-refractivity contribution in [3.63, 3.8) is 0 Å². The Hall–Kier alpha value is -1.55. The minimum Gasteiger partial charge on any atom is -0.494 e. The fourth-order valence-corrected chi connectivity index (χ4v) is 2.09. The maximum atomic E-state index is 12.1. The number of rotatable bonds is 8. The molecule has 0 aromatic heterocycles. The van der Waals surface area contributed by atoms with Gasteiger partial charge in [-0.05, 0) is 56.8 Å². The molecule has 1 unspecified atom stereocenters. The zero-order valence-corrected chi connectivity index (χ0v) is 12.2. The summed E-state index contributed by atoms with van der Waals surface area (Å²) in [5.74, 6) is 1.33. The first-order valence-electron chi connectivity index (χ1n) is 7.37. The highest BCUT2D eigenvalue weighted by molar-refractivity contribution is 5.77. The quantitative estimate of drug-likeness (QED) is 0.742. The van der Waals surface area contributed by atoms with Crippen molar-refractivity contribution in [1.29, 1.82) is 0 Å². The lowest BCUT2D eigenvalue weighted by Crippen LogP contribution is -2.31. The summed E-state index contributed by atoms with van der Waals surface area (Å²) in [7, 11) is 0. The van der Waals surface area contributed by atoms with Crippen molar-refractivity contribution in [3.05, 3.63) is 29.8 Å². The molecule has 0 aliphatic heterocycles. The Morgan fingerprint density at radius 3 is 2.50 bits per heavy atom. The van der Waals surface area contributed by atoms with E-state index in [0.717, 1.165) is 23.8 Å². The molecule has 110 valence electrons. The maximum Gasteiger partial charge on any atom is 0.327 e. The summed E-state index contributed by atoms with van der Waals surface area (Å²) in [4.78, 5) is 12.1. The SMILES string of the molecule is CCOC(=O)C(NCC1CC1)c1ccc(OCC)cc1. The van der Waals surface area contributed by atoms with E-state index < -0.39 is 0 Å². The van der Waals surface area contributed by atoms with Gasteiger partial charge in [0.1, 0.15) is 11.8 Å². The van der Waals surface area contributed by atoms with E-state index in [0.29, 0.717) is 13.2 Å². The lowest BCUT2D eigenvalue weighted by Gasteiger charge is -2.18. The molecule has 20 heavy (non-hydrogen) atoms. The van der Waals surface area contributed by atoms with Gasteiger partial charge in [0.05, 0.1) is 13.2 Å². The van der Waals surface area contributed by atoms with Crippen LogP contribution in [0.1, 0.15) is 38.3 Å². The summed E-state index contributed by atoms with van der Waals surface area (Å²) in [6.07, 6.45) is 2.51. The summed E-state index contributed by atoms with van der Waals surface area (Å²) in [6, 6.07) is 7.25. The first-order valence-corrected chi connectivity index (χ1v) is 7.37. The third-order valence-corrected chi connectivity index (χ3v) is 3.35. The highest BCUT2D eigenvalue weighted by Crippen LogP contribution is 2.29. The minimum atomic E-state index is -0.383. The molecule has 1 aliphatic carbocycles. The van der Waals surface area contributed by atoms with Gasteiger partial charge in [-0.1, -0.05) is 12.1 Å². The predicted octanol–water partition coefficient (Wildman–Crippen LogP) is 2.69. The van der Waals surface area contributed by atoms with Crippen LogP contribution in [0.2, 0.25) is 0 Å². The van der Waals surface area contributed by atoms with Gasteiger partial charge in [0, 0.05) is 0 Å². The minimum absolute atomic E-state index is 0.211. The number of hydrogen-bond acceptors (Lipinski definition) is 4. The molecular weight excluding hydrogens is 254 g/mol. The van der Waals surface area contributed by atoms with Gasteiger partial charge in [0.25, 0.3) is 0 Å². The molecule has 0 heterocycles. The third kappa shape index (κ3) is 4.23. The van der Waals surface area contributed by atoms with E-state index >= 15 is 0 Å². The molecule has 1 fully saturated rings. The molecule has 0 bridgehead atoms. The molecule has 1 aliphatic rings. The standard InChI is InChI=1S/C16H23NO3/c1-3-19-14-9-7-13(8-10-14)15(16(18)20-4-2)17-11-12-5-6-12/h7-10,12,15,17H,3-6,11H2,1-2H3. The van der Waals surface area contributed by atoms with Crippen LogP contribution >= 0.6 is 0 Å². The summed E-state index contributed by atoms with van der Waals surface area (Å²) in [6.45, 7) is 5.69. The fourth-order valence-electron chi connectivity index (χ4n) is 2.09. The number of hydrogen-bond donors (Lipinski definition) is 1. The molecule has 0 spiro atoms. The first kappa shape index (κ1) is 14.9. The van der Waals surface area contributed by atoms with Crippen molar-refractivity contribution in [3.8, 4) is 5.75 Å². The third-order valence-electron chi connectivity index (χ3n) is 3.35. The van der Waals surface area contributed by atoms with E-state index in [9.17, 15) is 4.79 Å². The number of ether oxygens (including phenoxy) is 2. The molecule has 1 atom stereocenters. The molecule has 0 radical (unpaired) electrons. The van der Waals surface area contributed by atoms with Crippen molar-refractivity contribution < 1.29 is 14.3 Å². The summed E-state index contributed by atoms with van der Waals surface area (Å²) >= 11 is 0. The summed E-state index contributed by atoms with van der Waals surface area (Å²) in [5.41, 5.74) is 0.924. The molecule has 4 nitrogen and oxygen atoms in total. The van der Waals surface area contributed by atoms with Crippen LogP contribution in [0.5, 0.6) is 5.75 Å². The monoisotopic (exact) mass is 277 g/mol. The average molecular weight is 277 g/mol. The van der Waals surface area contributed by atoms with E-state index in [1.807, 2.05) is 38.1 Å². The highest BCUT2D eigenvalue weighted by Gasteiger charge is 2.26. The average Bonchev–Trinajstić information content (AvgIpc) is 3.26. The molecule has 0 saturated heterocycles. The van der Waals surface area contributed by atoms with Crippen molar-refractivity contribution in [2.75, 3.05) is 19.8 Å². The van der Waals surface area contributed by atoms with Crippen LogP contribution in [0, 0.1) is 5.92 Å². The van der Waals surface area contributed by atoms with Crippen LogP contribution < -0.4 is 10.1 Å². The van der Waals surface area contributed by atoms with Crippen LogP contribution in [0.15, 0.2) is 24.3 Å². The Labute approximate surface area is 120 Å². The lowest BCUT2D eigenvalue weighted by molar-refractivity contribution is -0.145. The predicted molar refractivity (Wildman–Crippen MR) is 77.7 cm³/mol. The molecule has 0 amide bonds.